The number of amidine groups is 1. The Morgan fingerprint density at radius 1 is 1.75 bits per heavy atom. The molecule has 4 nitrogen and oxygen atoms in total. The van der Waals surface area contributed by atoms with Crippen molar-refractivity contribution in [3.05, 3.63) is 12.0 Å². The lowest BCUT2D eigenvalue weighted by molar-refractivity contribution is 0.107. The third-order valence-electron chi connectivity index (χ3n) is 1.30. The van der Waals surface area contributed by atoms with Crippen LogP contribution in [0.5, 0.6) is 0 Å². The molecule has 0 amide bonds. The van der Waals surface area contributed by atoms with Crippen molar-refractivity contribution in [1.82, 2.24) is 0 Å². The number of rotatable bonds is 4. The molecule has 0 heterocycles. The smallest absolute Gasteiger partial charge is 0.180 e. The summed E-state index contributed by atoms with van der Waals surface area (Å²) in [5.74, 6) is -0.961. The van der Waals surface area contributed by atoms with Crippen LogP contribution in [0.1, 0.15) is 13.3 Å². The molecule has 0 aliphatic rings. The first-order valence-electron chi connectivity index (χ1n) is 3.59. The highest BCUT2D eigenvalue weighted by molar-refractivity contribution is 5.94. The normalized spacial score (nSPS) is 16.2. The zero-order chi connectivity index (χ0) is 9.56. The molecule has 0 aliphatic heterocycles. The molecule has 0 saturated carbocycles. The Balaban J connectivity index is 4.32. The van der Waals surface area contributed by atoms with Crippen LogP contribution in [0, 0.1) is 0 Å². The third kappa shape index (κ3) is 3.34. The largest absolute Gasteiger partial charge is 0.402 e. The van der Waals surface area contributed by atoms with Crippen molar-refractivity contribution >= 4 is 5.84 Å². The molecule has 0 fully saturated rings. The molecular weight excluding hydrogens is 161 g/mol. The fourth-order valence-electron chi connectivity index (χ4n) is 0.613. The Hall–Kier alpha value is -1.10. The summed E-state index contributed by atoms with van der Waals surface area (Å²) in [5, 5.41) is 0. The summed E-state index contributed by atoms with van der Waals surface area (Å²) in [6.45, 7) is 1.86. The van der Waals surface area contributed by atoms with Gasteiger partial charge in [-0.3, -0.25) is 0 Å². The van der Waals surface area contributed by atoms with Crippen LogP contribution < -0.4 is 11.5 Å². The van der Waals surface area contributed by atoms with Gasteiger partial charge in [0.2, 0.25) is 0 Å². The molecular formula is C7H14FN3O. The van der Waals surface area contributed by atoms with Gasteiger partial charge in [0.25, 0.3) is 0 Å². The van der Waals surface area contributed by atoms with Gasteiger partial charge in [0.05, 0.1) is 0 Å². The van der Waals surface area contributed by atoms with Crippen LogP contribution in [-0.2, 0) is 4.74 Å². The number of hydrogen-bond acceptors (Lipinski definition) is 3. The summed E-state index contributed by atoms with van der Waals surface area (Å²) in [6, 6.07) is 0. The lowest BCUT2D eigenvalue weighted by Crippen LogP contribution is -2.18. The van der Waals surface area contributed by atoms with Gasteiger partial charge in [-0.1, -0.05) is 6.92 Å². The first-order valence-corrected chi connectivity index (χ1v) is 3.59. The zero-order valence-electron chi connectivity index (χ0n) is 7.25. The second-order valence-electron chi connectivity index (χ2n) is 2.13. The average Bonchev–Trinajstić information content (AvgIpc) is 2.12. The van der Waals surface area contributed by atoms with Crippen LogP contribution in [0.2, 0.25) is 0 Å². The van der Waals surface area contributed by atoms with E-state index in [2.05, 4.69) is 4.99 Å². The van der Waals surface area contributed by atoms with E-state index in [1.165, 1.54) is 7.11 Å². The van der Waals surface area contributed by atoms with Gasteiger partial charge < -0.3 is 16.2 Å². The first-order chi connectivity index (χ1) is 5.65. The molecule has 0 rings (SSSR count). The van der Waals surface area contributed by atoms with Gasteiger partial charge in [-0.15, -0.1) is 0 Å². The summed E-state index contributed by atoms with van der Waals surface area (Å²) >= 11 is 0. The van der Waals surface area contributed by atoms with Gasteiger partial charge in [-0.2, -0.15) is 0 Å². The van der Waals surface area contributed by atoms with Crippen LogP contribution in [-0.4, -0.2) is 19.2 Å². The Labute approximate surface area is 71.1 Å². The van der Waals surface area contributed by atoms with Crippen molar-refractivity contribution < 1.29 is 9.13 Å². The van der Waals surface area contributed by atoms with E-state index in [1.807, 2.05) is 6.92 Å². The highest BCUT2D eigenvalue weighted by atomic mass is 19.1. The van der Waals surface area contributed by atoms with E-state index in [1.54, 1.807) is 0 Å². The topological polar surface area (TPSA) is 73.6 Å². The van der Waals surface area contributed by atoms with E-state index in [9.17, 15) is 4.39 Å². The lowest BCUT2D eigenvalue weighted by Gasteiger charge is -2.07. The number of nitrogens with two attached hydrogens (primary N) is 2. The van der Waals surface area contributed by atoms with E-state index in [0.29, 0.717) is 6.42 Å². The minimum atomic E-state index is -0.731. The first kappa shape index (κ1) is 10.9. The van der Waals surface area contributed by atoms with Gasteiger partial charge in [0.1, 0.15) is 6.23 Å². The van der Waals surface area contributed by atoms with Crippen LogP contribution in [0.3, 0.4) is 0 Å². The summed E-state index contributed by atoms with van der Waals surface area (Å²) in [4.78, 5) is 3.73. The minimum Gasteiger partial charge on any atom is -0.402 e. The van der Waals surface area contributed by atoms with E-state index in [-0.39, 0.29) is 5.84 Å². The molecule has 0 aromatic heterocycles. The molecule has 70 valence electrons. The maximum absolute atomic E-state index is 12.6. The van der Waals surface area contributed by atoms with Crippen LogP contribution >= 0.6 is 0 Å². The maximum atomic E-state index is 12.6. The molecule has 12 heavy (non-hydrogen) atoms. The molecule has 0 aliphatic carbocycles. The fraction of sp³-hybridized carbons (Fsp3) is 0.571. The van der Waals surface area contributed by atoms with Crippen molar-refractivity contribution in [2.75, 3.05) is 7.11 Å². The predicted octanol–water partition coefficient (Wildman–Crippen LogP) is 0.496. The molecule has 0 radical (unpaired) electrons. The minimum absolute atomic E-state index is 0.230. The second-order valence-corrected chi connectivity index (χ2v) is 2.13. The Kier molecular flexibility index (Phi) is 5.03. The van der Waals surface area contributed by atoms with Gasteiger partial charge >= 0.3 is 0 Å². The van der Waals surface area contributed by atoms with E-state index < -0.39 is 12.1 Å². The lowest BCUT2D eigenvalue weighted by atomic mass is 10.4. The molecule has 0 spiro atoms. The van der Waals surface area contributed by atoms with Crippen molar-refractivity contribution in [3.63, 3.8) is 0 Å². The fourth-order valence-corrected chi connectivity index (χ4v) is 0.613. The van der Waals surface area contributed by atoms with Gasteiger partial charge in [0.15, 0.2) is 11.7 Å². The SMILES string of the molecule is CCC(N=C(N)C(F)=CN)OC. The Morgan fingerprint density at radius 3 is 2.67 bits per heavy atom. The van der Waals surface area contributed by atoms with Crippen molar-refractivity contribution in [2.45, 2.75) is 19.6 Å². The van der Waals surface area contributed by atoms with Gasteiger partial charge in [-0.25, -0.2) is 9.38 Å². The van der Waals surface area contributed by atoms with Crippen LogP contribution in [0.25, 0.3) is 0 Å². The highest BCUT2D eigenvalue weighted by Crippen LogP contribution is 2.01. The average molecular weight is 175 g/mol. The van der Waals surface area contributed by atoms with E-state index >= 15 is 0 Å². The third-order valence-corrected chi connectivity index (χ3v) is 1.30. The number of nitrogens with zero attached hydrogens (tertiary/aromatic N) is 1. The zero-order valence-corrected chi connectivity index (χ0v) is 7.25. The monoisotopic (exact) mass is 175 g/mol. The standard InChI is InChI=1S/C7H14FN3O/c1-3-6(12-2)11-7(10)5(8)4-9/h4,6H,3,9H2,1-2H3,(H2,10,11). The van der Waals surface area contributed by atoms with Crippen molar-refractivity contribution in [3.8, 4) is 0 Å². The quantitative estimate of drug-likeness (QED) is 0.482. The maximum Gasteiger partial charge on any atom is 0.180 e. The summed E-state index contributed by atoms with van der Waals surface area (Å²) in [6.07, 6.45) is 0.992. The predicted molar refractivity (Wildman–Crippen MR) is 46.1 cm³/mol. The van der Waals surface area contributed by atoms with Gasteiger partial charge in [-0.05, 0) is 6.42 Å². The van der Waals surface area contributed by atoms with Crippen LogP contribution in [0.4, 0.5) is 4.39 Å². The van der Waals surface area contributed by atoms with Crippen LogP contribution in [0.15, 0.2) is 17.0 Å². The number of aliphatic imine (C=N–C) groups is 1. The Morgan fingerprint density at radius 2 is 2.33 bits per heavy atom. The van der Waals surface area contributed by atoms with Crippen molar-refractivity contribution in [1.29, 1.82) is 0 Å². The van der Waals surface area contributed by atoms with Gasteiger partial charge in [0, 0.05) is 13.3 Å². The molecule has 4 N–H and O–H groups in total. The summed E-state index contributed by atoms with van der Waals surface area (Å²) in [7, 11) is 1.48. The van der Waals surface area contributed by atoms with Crippen molar-refractivity contribution in [2.24, 2.45) is 16.5 Å². The molecule has 5 heteroatoms. The molecule has 0 aromatic rings. The molecule has 0 bridgehead atoms. The Bertz CT molecular complexity index is 187. The number of halogens is 1. The summed E-state index contributed by atoms with van der Waals surface area (Å²) in [5.41, 5.74) is 10.1. The number of hydrogen-bond donors (Lipinski definition) is 2. The van der Waals surface area contributed by atoms with E-state index in [4.69, 9.17) is 16.2 Å². The summed E-state index contributed by atoms with van der Waals surface area (Å²) < 4.78 is 17.4. The number of methoxy groups -OCH3 is 1. The molecule has 0 aromatic carbocycles. The molecule has 1 atom stereocenters. The highest BCUT2D eigenvalue weighted by Gasteiger charge is 2.05. The molecule has 1 unspecified atom stereocenters. The molecule has 0 saturated heterocycles. The number of ether oxygens (including phenoxy) is 1. The van der Waals surface area contributed by atoms with E-state index in [0.717, 1.165) is 6.20 Å². The second kappa shape index (κ2) is 5.54.